The molecule has 7 heteroatoms. The lowest BCUT2D eigenvalue weighted by molar-refractivity contribution is 0.0487. The lowest BCUT2D eigenvalue weighted by Crippen LogP contribution is -2.13. The molecule has 0 spiro atoms. The summed E-state index contributed by atoms with van der Waals surface area (Å²) in [7, 11) is 0. The zero-order valence-corrected chi connectivity index (χ0v) is 20.3. The third kappa shape index (κ3) is 8.67. The number of rotatable bonds is 18. The van der Waals surface area contributed by atoms with Crippen LogP contribution in [-0.2, 0) is 4.74 Å². The Labute approximate surface area is 193 Å². The van der Waals surface area contributed by atoms with Gasteiger partial charge in [0.05, 0.1) is 26.4 Å². The van der Waals surface area contributed by atoms with E-state index in [0.29, 0.717) is 19.8 Å². The summed E-state index contributed by atoms with van der Waals surface area (Å²) in [6.07, 6.45) is 8.84. The van der Waals surface area contributed by atoms with Gasteiger partial charge in [-0.3, -0.25) is 0 Å². The van der Waals surface area contributed by atoms with Crippen molar-refractivity contribution in [2.45, 2.75) is 91.9 Å². The Bertz CT molecular complexity index is 673. The second kappa shape index (κ2) is 16.3. The first-order chi connectivity index (χ1) is 15.5. The van der Waals surface area contributed by atoms with Crippen LogP contribution >= 0.6 is 0 Å². The molecule has 184 valence electrons. The fourth-order valence-corrected chi connectivity index (χ4v) is 2.97. The van der Waals surface area contributed by atoms with Crippen molar-refractivity contribution in [1.29, 1.82) is 0 Å². The van der Waals surface area contributed by atoms with E-state index in [2.05, 4.69) is 6.92 Å². The van der Waals surface area contributed by atoms with Crippen molar-refractivity contribution in [2.75, 3.05) is 26.4 Å². The van der Waals surface area contributed by atoms with E-state index in [1.54, 1.807) is 0 Å². The van der Waals surface area contributed by atoms with Gasteiger partial charge in [0.2, 0.25) is 17.2 Å². The molecule has 0 aliphatic carbocycles. The molecular weight excluding hydrogens is 412 g/mol. The molecule has 0 bridgehead atoms. The van der Waals surface area contributed by atoms with Crippen molar-refractivity contribution in [3.63, 3.8) is 0 Å². The van der Waals surface area contributed by atoms with Crippen molar-refractivity contribution >= 4 is 5.97 Å². The number of hydrogen-bond acceptors (Lipinski definition) is 7. The van der Waals surface area contributed by atoms with E-state index in [1.165, 1.54) is 0 Å². The predicted octanol–water partition coefficient (Wildman–Crippen LogP) is 6.37. The number of unbranched alkanes of at least 4 members (excludes halogenated alkanes) is 6. The summed E-state index contributed by atoms with van der Waals surface area (Å²) >= 11 is 0. The molecule has 0 aliphatic rings. The average Bonchev–Trinajstić information content (AvgIpc) is 2.78. The van der Waals surface area contributed by atoms with Crippen molar-refractivity contribution in [2.24, 2.45) is 0 Å². The van der Waals surface area contributed by atoms with Gasteiger partial charge >= 0.3 is 5.97 Å². The fraction of sp³-hybridized carbons (Fsp3) is 0.720. The largest absolute Gasteiger partial charge is 0.503 e. The van der Waals surface area contributed by atoms with Crippen LogP contribution in [0.4, 0.5) is 0 Å². The quantitative estimate of drug-likeness (QED) is 0.151. The van der Waals surface area contributed by atoms with Crippen molar-refractivity contribution < 1.29 is 34.0 Å². The van der Waals surface area contributed by atoms with Crippen LogP contribution < -0.4 is 14.2 Å². The third-order valence-corrected chi connectivity index (χ3v) is 4.98. The molecule has 1 aromatic carbocycles. The summed E-state index contributed by atoms with van der Waals surface area (Å²) in [5, 5.41) is 21.4. The molecule has 0 aromatic heterocycles. The lowest BCUT2D eigenvalue weighted by Gasteiger charge is -2.21. The maximum absolute atomic E-state index is 12.9. The Morgan fingerprint density at radius 2 is 1.09 bits per heavy atom. The van der Waals surface area contributed by atoms with Gasteiger partial charge in [0.15, 0.2) is 17.1 Å². The molecule has 0 radical (unpaired) electrons. The van der Waals surface area contributed by atoms with Crippen LogP contribution in [0, 0.1) is 0 Å². The molecule has 0 saturated carbocycles. The maximum Gasteiger partial charge on any atom is 0.346 e. The molecule has 1 rings (SSSR count). The first-order valence-corrected chi connectivity index (χ1v) is 12.2. The summed E-state index contributed by atoms with van der Waals surface area (Å²) in [4.78, 5) is 12.9. The Morgan fingerprint density at radius 3 is 1.62 bits per heavy atom. The highest BCUT2D eigenvalue weighted by Gasteiger charge is 2.32. The van der Waals surface area contributed by atoms with E-state index >= 15 is 0 Å². The zero-order valence-electron chi connectivity index (χ0n) is 20.3. The van der Waals surface area contributed by atoms with Crippen LogP contribution in [0.1, 0.15) is 102 Å². The van der Waals surface area contributed by atoms with Crippen LogP contribution in [0.15, 0.2) is 0 Å². The van der Waals surface area contributed by atoms with Gasteiger partial charge in [-0.25, -0.2) is 4.79 Å². The van der Waals surface area contributed by atoms with Crippen molar-refractivity contribution in [1.82, 2.24) is 0 Å². The third-order valence-electron chi connectivity index (χ3n) is 4.98. The molecular formula is C25H42O7. The zero-order chi connectivity index (χ0) is 23.8. The molecule has 0 fully saturated rings. The highest BCUT2D eigenvalue weighted by molar-refractivity contribution is 5.99. The number of esters is 1. The number of benzene rings is 1. The Morgan fingerprint density at radius 1 is 0.594 bits per heavy atom. The molecule has 1 aromatic rings. The number of hydrogen-bond donors (Lipinski definition) is 2. The molecule has 7 nitrogen and oxygen atoms in total. The normalized spacial score (nSPS) is 10.8. The van der Waals surface area contributed by atoms with E-state index in [9.17, 15) is 15.0 Å². The van der Waals surface area contributed by atoms with Crippen molar-refractivity contribution in [3.8, 4) is 28.7 Å². The highest BCUT2D eigenvalue weighted by atomic mass is 16.6. The summed E-state index contributed by atoms with van der Waals surface area (Å²) in [6, 6.07) is 0. The van der Waals surface area contributed by atoms with E-state index in [-0.39, 0.29) is 29.4 Å². The van der Waals surface area contributed by atoms with Crippen LogP contribution in [0.25, 0.3) is 0 Å². The van der Waals surface area contributed by atoms with E-state index in [4.69, 9.17) is 18.9 Å². The van der Waals surface area contributed by atoms with Crippen molar-refractivity contribution in [3.05, 3.63) is 5.56 Å². The minimum absolute atomic E-state index is 0.00181. The monoisotopic (exact) mass is 454 g/mol. The fourth-order valence-electron chi connectivity index (χ4n) is 2.97. The van der Waals surface area contributed by atoms with E-state index in [1.807, 2.05) is 20.8 Å². The molecule has 0 heterocycles. The summed E-state index contributed by atoms with van der Waals surface area (Å²) in [6.45, 7) is 9.46. The van der Waals surface area contributed by atoms with Crippen LogP contribution in [0.5, 0.6) is 28.7 Å². The Hall–Kier alpha value is -2.31. The van der Waals surface area contributed by atoms with Gasteiger partial charge in [-0.2, -0.15) is 0 Å². The van der Waals surface area contributed by atoms with Crippen LogP contribution in [-0.4, -0.2) is 42.6 Å². The second-order valence-electron chi connectivity index (χ2n) is 7.86. The Balaban J connectivity index is 3.34. The standard InChI is InChI=1S/C25H42O7/c1-5-9-13-14-18-32-25(28)19-20(26)21(27)23(30-16-11-7-3)24(31-17-12-8-4)22(19)29-15-10-6-2/h26-27H,5-18H2,1-4H3. The first kappa shape index (κ1) is 27.7. The molecule has 0 aliphatic heterocycles. The van der Waals surface area contributed by atoms with Gasteiger partial charge in [0.25, 0.3) is 0 Å². The first-order valence-electron chi connectivity index (χ1n) is 12.2. The topological polar surface area (TPSA) is 94.5 Å². The molecule has 0 atom stereocenters. The number of carbonyl (C=O) groups excluding carboxylic acids is 1. The number of phenolic OH excluding ortho intramolecular Hbond substituents is 2. The number of carbonyl (C=O) groups is 1. The second-order valence-corrected chi connectivity index (χ2v) is 7.86. The maximum atomic E-state index is 12.9. The lowest BCUT2D eigenvalue weighted by atomic mass is 10.1. The number of phenols is 2. The van der Waals surface area contributed by atoms with Gasteiger partial charge in [-0.05, 0) is 25.7 Å². The Kier molecular flexibility index (Phi) is 14.2. The van der Waals surface area contributed by atoms with Gasteiger partial charge in [-0.15, -0.1) is 0 Å². The number of ether oxygens (including phenoxy) is 4. The summed E-state index contributed by atoms with van der Waals surface area (Å²) in [5.41, 5.74) is -0.219. The van der Waals surface area contributed by atoms with E-state index in [0.717, 1.165) is 64.2 Å². The molecule has 0 unspecified atom stereocenters. The predicted molar refractivity (Wildman–Crippen MR) is 125 cm³/mol. The minimum Gasteiger partial charge on any atom is -0.503 e. The van der Waals surface area contributed by atoms with Gasteiger partial charge in [0, 0.05) is 0 Å². The van der Waals surface area contributed by atoms with Crippen LogP contribution in [0.2, 0.25) is 0 Å². The summed E-state index contributed by atoms with van der Waals surface area (Å²) < 4.78 is 23.0. The minimum atomic E-state index is -0.749. The molecule has 0 amide bonds. The molecule has 0 saturated heterocycles. The smallest absolute Gasteiger partial charge is 0.346 e. The molecule has 2 N–H and O–H groups in total. The van der Waals surface area contributed by atoms with Gasteiger partial charge < -0.3 is 29.2 Å². The van der Waals surface area contributed by atoms with E-state index < -0.39 is 17.5 Å². The van der Waals surface area contributed by atoms with Gasteiger partial charge in [-0.1, -0.05) is 66.2 Å². The summed E-state index contributed by atoms with van der Waals surface area (Å²) in [5.74, 6) is -1.69. The van der Waals surface area contributed by atoms with Gasteiger partial charge in [0.1, 0.15) is 0 Å². The van der Waals surface area contributed by atoms with Crippen LogP contribution in [0.3, 0.4) is 0 Å². The molecule has 32 heavy (non-hydrogen) atoms. The number of aromatic hydroxyl groups is 2. The highest BCUT2D eigenvalue weighted by Crippen LogP contribution is 2.53. The average molecular weight is 455 g/mol. The SMILES string of the molecule is CCCCCCOC(=O)c1c(O)c(O)c(OCCCC)c(OCCCC)c1OCCCC.